The van der Waals surface area contributed by atoms with Gasteiger partial charge in [0.05, 0.1) is 17.7 Å². The molecule has 0 spiro atoms. The van der Waals surface area contributed by atoms with E-state index in [-0.39, 0.29) is 24.7 Å². The van der Waals surface area contributed by atoms with Crippen molar-refractivity contribution in [2.24, 2.45) is 22.2 Å². The lowest BCUT2D eigenvalue weighted by atomic mass is 9.72. The van der Waals surface area contributed by atoms with Crippen LogP contribution >= 0.6 is 0 Å². The molecule has 1 fully saturated rings. The molecule has 1 heterocycles. The van der Waals surface area contributed by atoms with Gasteiger partial charge in [-0.3, -0.25) is 14.5 Å². The minimum Gasteiger partial charge on any atom is -0.494 e. The van der Waals surface area contributed by atoms with E-state index in [4.69, 9.17) is 4.74 Å². The van der Waals surface area contributed by atoms with Crippen molar-refractivity contribution >= 4 is 11.8 Å². The highest BCUT2D eigenvalue weighted by molar-refractivity contribution is 6.21. The van der Waals surface area contributed by atoms with Crippen LogP contribution in [0.2, 0.25) is 0 Å². The molecule has 2 aromatic carbocycles. The molecule has 2 aliphatic rings. The number of carbonyl (C=O) groups excluding carboxylic acids is 2. The Balaban J connectivity index is 0.000000329. The molecule has 0 atom stereocenters. The number of ether oxygens (including phenoxy) is 1. The zero-order valence-corrected chi connectivity index (χ0v) is 28.4. The lowest BCUT2D eigenvalue weighted by Crippen LogP contribution is -2.32. The molecule has 1 aliphatic heterocycles. The van der Waals surface area contributed by atoms with Crippen molar-refractivity contribution in [2.75, 3.05) is 13.2 Å². The molecule has 0 unspecified atom stereocenters. The Morgan fingerprint density at radius 1 is 0.721 bits per heavy atom. The summed E-state index contributed by atoms with van der Waals surface area (Å²) >= 11 is 0. The predicted molar refractivity (Wildman–Crippen MR) is 184 cm³/mol. The van der Waals surface area contributed by atoms with Crippen LogP contribution in [0.15, 0.2) is 48.5 Å². The Labute approximate surface area is 265 Å². The number of nitrogens with zero attached hydrogens (tertiary/aromatic N) is 1. The highest BCUT2D eigenvalue weighted by Crippen LogP contribution is 2.37. The standard InChI is InChI=1S/C14H17NO2.C14H22O.C10H20.CH4/c1-14(2,3)8-9-15-12(16)10-6-4-5-7-11(10)13(15)17;1-12-6-8-13(9-7-12)15-11-5-10-14(2,3)4;1-10(2,3)9-7-5-4-6-8-9;/h4-7H,8-9H2,1-3H3;6-9H,5,10-11H2,1-4H3;9H,4-8H2,1-3H3;1H4. The highest BCUT2D eigenvalue weighted by Gasteiger charge is 2.35. The van der Waals surface area contributed by atoms with Gasteiger partial charge in [-0.05, 0) is 85.5 Å². The average molecular weight is 594 g/mol. The molecule has 4 heteroatoms. The second kappa shape index (κ2) is 17.0. The fraction of sp³-hybridized carbons (Fsp3) is 0.641. The van der Waals surface area contributed by atoms with Crippen molar-refractivity contribution in [2.45, 2.75) is 128 Å². The van der Waals surface area contributed by atoms with E-state index in [1.807, 2.05) is 12.1 Å². The zero-order valence-electron chi connectivity index (χ0n) is 28.4. The Bertz CT molecular complexity index is 1070. The van der Waals surface area contributed by atoms with Crippen molar-refractivity contribution in [1.29, 1.82) is 0 Å². The first kappa shape index (κ1) is 38.4. The first-order valence-corrected chi connectivity index (χ1v) is 16.1. The molecule has 4 rings (SSSR count). The van der Waals surface area contributed by atoms with Gasteiger partial charge in [0.15, 0.2) is 0 Å². The fourth-order valence-corrected chi connectivity index (χ4v) is 5.29. The number of fused-ring (bicyclic) bond motifs is 1. The molecule has 2 amide bonds. The molecule has 0 radical (unpaired) electrons. The first-order chi connectivity index (χ1) is 19.5. The summed E-state index contributed by atoms with van der Waals surface area (Å²) in [4.78, 5) is 25.4. The summed E-state index contributed by atoms with van der Waals surface area (Å²) in [5.74, 6) is 1.67. The maximum atomic E-state index is 12.0. The van der Waals surface area contributed by atoms with Crippen molar-refractivity contribution < 1.29 is 14.3 Å². The molecule has 1 aliphatic carbocycles. The Morgan fingerprint density at radius 2 is 1.21 bits per heavy atom. The van der Waals surface area contributed by atoms with Gasteiger partial charge in [-0.2, -0.15) is 0 Å². The molecular weight excluding hydrogens is 530 g/mol. The third-order valence-corrected chi connectivity index (χ3v) is 8.15. The maximum absolute atomic E-state index is 12.0. The predicted octanol–water partition coefficient (Wildman–Crippen LogP) is 11.2. The van der Waals surface area contributed by atoms with E-state index in [0.717, 1.165) is 31.1 Å². The summed E-state index contributed by atoms with van der Waals surface area (Å²) in [7, 11) is 0. The number of benzene rings is 2. The van der Waals surface area contributed by atoms with Crippen LogP contribution in [0.4, 0.5) is 0 Å². The van der Waals surface area contributed by atoms with Crippen LogP contribution in [-0.2, 0) is 0 Å². The summed E-state index contributed by atoms with van der Waals surface area (Å²) in [5, 5.41) is 0. The summed E-state index contributed by atoms with van der Waals surface area (Å²) < 4.78 is 5.66. The number of rotatable bonds is 6. The molecule has 1 saturated carbocycles. The fourth-order valence-electron chi connectivity index (χ4n) is 5.29. The molecular formula is C39H63NO3. The van der Waals surface area contributed by atoms with Crippen molar-refractivity contribution in [3.8, 4) is 5.75 Å². The van der Waals surface area contributed by atoms with Crippen LogP contribution in [-0.4, -0.2) is 29.9 Å². The summed E-state index contributed by atoms with van der Waals surface area (Å²) in [6.07, 6.45) is 10.5. The van der Waals surface area contributed by atoms with Crippen LogP contribution in [0.25, 0.3) is 0 Å². The molecule has 242 valence electrons. The van der Waals surface area contributed by atoms with E-state index in [1.54, 1.807) is 24.3 Å². The topological polar surface area (TPSA) is 46.6 Å². The van der Waals surface area contributed by atoms with Gasteiger partial charge in [0.1, 0.15) is 5.75 Å². The second-order valence-corrected chi connectivity index (χ2v) is 15.6. The van der Waals surface area contributed by atoms with E-state index in [9.17, 15) is 9.59 Å². The Kier molecular flexibility index (Phi) is 15.2. The quantitative estimate of drug-likeness (QED) is 0.247. The van der Waals surface area contributed by atoms with Crippen LogP contribution in [0, 0.1) is 29.1 Å². The smallest absolute Gasteiger partial charge is 0.261 e. The average Bonchev–Trinajstić information content (AvgIpc) is 3.15. The maximum Gasteiger partial charge on any atom is 0.261 e. The Hall–Kier alpha value is -2.62. The van der Waals surface area contributed by atoms with Crippen molar-refractivity contribution in [3.05, 3.63) is 65.2 Å². The van der Waals surface area contributed by atoms with Gasteiger partial charge >= 0.3 is 0 Å². The molecule has 0 N–H and O–H groups in total. The number of aryl methyl sites for hydroxylation is 1. The van der Waals surface area contributed by atoms with Crippen molar-refractivity contribution in [3.63, 3.8) is 0 Å². The van der Waals surface area contributed by atoms with E-state index < -0.39 is 0 Å². The van der Waals surface area contributed by atoms with Gasteiger partial charge < -0.3 is 4.74 Å². The summed E-state index contributed by atoms with van der Waals surface area (Å²) in [6.45, 7) is 23.6. The van der Waals surface area contributed by atoms with E-state index in [1.165, 1.54) is 49.0 Å². The summed E-state index contributed by atoms with van der Waals surface area (Å²) in [5.41, 5.74) is 3.45. The molecule has 2 aromatic rings. The third kappa shape index (κ3) is 14.1. The molecule has 0 saturated heterocycles. The number of imide groups is 1. The highest BCUT2D eigenvalue weighted by atomic mass is 16.5. The van der Waals surface area contributed by atoms with Crippen LogP contribution in [0.1, 0.15) is 147 Å². The van der Waals surface area contributed by atoms with E-state index in [0.29, 0.717) is 28.5 Å². The number of hydrogen-bond acceptors (Lipinski definition) is 3. The van der Waals surface area contributed by atoms with Gasteiger partial charge in [0.25, 0.3) is 11.8 Å². The first-order valence-electron chi connectivity index (χ1n) is 16.1. The minimum absolute atomic E-state index is 0. The lowest BCUT2D eigenvalue weighted by Gasteiger charge is -2.33. The lowest BCUT2D eigenvalue weighted by molar-refractivity contribution is 0.0638. The number of hydrogen-bond donors (Lipinski definition) is 0. The Morgan fingerprint density at radius 3 is 1.63 bits per heavy atom. The van der Waals surface area contributed by atoms with Gasteiger partial charge in [-0.15, -0.1) is 0 Å². The molecule has 0 bridgehead atoms. The monoisotopic (exact) mass is 593 g/mol. The molecule has 43 heavy (non-hydrogen) atoms. The molecule has 0 aromatic heterocycles. The normalized spacial score (nSPS) is 15.4. The third-order valence-electron chi connectivity index (χ3n) is 8.15. The van der Waals surface area contributed by atoms with Crippen LogP contribution in [0.3, 0.4) is 0 Å². The largest absolute Gasteiger partial charge is 0.494 e. The van der Waals surface area contributed by atoms with Crippen LogP contribution < -0.4 is 4.74 Å². The zero-order chi connectivity index (χ0) is 31.6. The summed E-state index contributed by atoms with van der Waals surface area (Å²) in [6, 6.07) is 15.2. The molecule has 4 nitrogen and oxygen atoms in total. The van der Waals surface area contributed by atoms with E-state index in [2.05, 4.69) is 81.4 Å². The second-order valence-electron chi connectivity index (χ2n) is 15.6. The SMILES string of the molecule is C.CC(C)(C)C1CCCCC1.CC(C)(C)CCN1C(=O)c2ccccc2C1=O.Cc1ccc(OCCCC(C)(C)C)cc1. The van der Waals surface area contributed by atoms with Gasteiger partial charge in [-0.25, -0.2) is 0 Å². The van der Waals surface area contributed by atoms with Gasteiger partial charge in [-0.1, -0.05) is 119 Å². The van der Waals surface area contributed by atoms with E-state index >= 15 is 0 Å². The van der Waals surface area contributed by atoms with Gasteiger partial charge in [0, 0.05) is 6.54 Å². The van der Waals surface area contributed by atoms with Crippen molar-refractivity contribution in [1.82, 2.24) is 4.90 Å². The van der Waals surface area contributed by atoms with Crippen LogP contribution in [0.5, 0.6) is 5.75 Å². The number of carbonyl (C=O) groups is 2. The number of amides is 2. The minimum atomic E-state index is -0.158. The van der Waals surface area contributed by atoms with Gasteiger partial charge in [0.2, 0.25) is 0 Å².